The van der Waals surface area contributed by atoms with Crippen molar-refractivity contribution >= 4 is 80.2 Å². The summed E-state index contributed by atoms with van der Waals surface area (Å²) in [5.74, 6) is 0. The Morgan fingerprint density at radius 2 is 0.750 bits per heavy atom. The average molecular weight is 521 g/mol. The van der Waals surface area contributed by atoms with Crippen LogP contribution in [0.2, 0.25) is 0 Å². The van der Waals surface area contributed by atoms with Crippen molar-refractivity contribution in [1.29, 1.82) is 0 Å². The fraction of sp³-hybridized carbons (Fsp3) is 0. The quantitative estimate of drug-likeness (QED) is 0.205. The van der Waals surface area contributed by atoms with Gasteiger partial charge in [0.15, 0.2) is 0 Å². The Balaban J connectivity index is 1.17. The van der Waals surface area contributed by atoms with Crippen molar-refractivity contribution in [2.24, 2.45) is 0 Å². The smallest absolute Gasteiger partial charge is 0.0449 e. The average Bonchev–Trinajstić information content (AvgIpc) is 3.66. The lowest BCUT2D eigenvalue weighted by Gasteiger charge is -1.91. The molecule has 0 aliphatic heterocycles. The van der Waals surface area contributed by atoms with Crippen LogP contribution in [-0.4, -0.2) is 0 Å². The third-order valence-corrected chi connectivity index (χ3v) is 11.7. The zero-order valence-corrected chi connectivity index (χ0v) is 21.6. The first-order valence-corrected chi connectivity index (χ1v) is 15.0. The van der Waals surface area contributed by atoms with E-state index in [-0.39, 0.29) is 0 Å². The molecule has 0 saturated carbocycles. The minimum atomic E-state index is 1.29. The predicted octanol–water partition coefficient (Wildman–Crippen LogP) is 10.9. The first kappa shape index (κ1) is 20.5. The van der Waals surface area contributed by atoms with E-state index in [1.165, 1.54) is 48.8 Å². The van der Waals surface area contributed by atoms with E-state index in [0.717, 1.165) is 0 Å². The molecule has 0 N–H and O–H groups in total. The zero-order valence-electron chi connectivity index (χ0n) is 16.7. The molecule has 6 heteroatoms. The number of rotatable bonds is 6. The Morgan fingerprint density at radius 1 is 0.375 bits per heavy atom. The van der Waals surface area contributed by atoms with Crippen molar-refractivity contribution in [2.75, 3.05) is 0 Å². The van der Waals surface area contributed by atoms with Crippen LogP contribution in [0.5, 0.6) is 0 Å². The van der Waals surface area contributed by atoms with Gasteiger partial charge >= 0.3 is 0 Å². The lowest BCUT2D eigenvalue weighted by molar-refractivity contribution is 1.89. The van der Waals surface area contributed by atoms with Crippen molar-refractivity contribution in [3.05, 3.63) is 93.3 Å². The van der Waals surface area contributed by atoms with Crippen LogP contribution in [0, 0.1) is 0 Å². The largest absolute Gasteiger partial charge is 0.143 e. The molecule has 0 aliphatic carbocycles. The van der Waals surface area contributed by atoms with E-state index < -0.39 is 0 Å². The van der Waals surface area contributed by atoms with Gasteiger partial charge < -0.3 is 0 Å². The third-order valence-electron chi connectivity index (χ3n) is 4.89. The van der Waals surface area contributed by atoms with Crippen molar-refractivity contribution < 1.29 is 0 Å². The molecule has 6 heterocycles. The van der Waals surface area contributed by atoms with E-state index in [4.69, 9.17) is 0 Å². The van der Waals surface area contributed by atoms with Crippen molar-refractivity contribution in [1.82, 2.24) is 0 Å². The van der Waals surface area contributed by atoms with Gasteiger partial charge in [-0.1, -0.05) is 12.1 Å². The SMILES string of the molecule is C(=Cc1ccc(-c2ccc(-c3cccs3)s2)s1)c1ccc(-c2ccc(-c3cccs3)s2)s1. The molecular formula is C26H16S6. The second-order valence-electron chi connectivity index (χ2n) is 7.02. The molecule has 0 spiro atoms. The maximum atomic E-state index is 2.25. The summed E-state index contributed by atoms with van der Waals surface area (Å²) in [6, 6.07) is 26.5. The van der Waals surface area contributed by atoms with Gasteiger partial charge in [-0.2, -0.15) is 0 Å². The van der Waals surface area contributed by atoms with Gasteiger partial charge in [0.25, 0.3) is 0 Å². The predicted molar refractivity (Wildman–Crippen MR) is 151 cm³/mol. The summed E-state index contributed by atoms with van der Waals surface area (Å²) >= 11 is 11.1. The van der Waals surface area contributed by atoms with Gasteiger partial charge in [-0.25, -0.2) is 0 Å². The summed E-state index contributed by atoms with van der Waals surface area (Å²) in [5, 5.41) is 4.28. The molecule has 0 amide bonds. The normalized spacial score (nSPS) is 11.6. The van der Waals surface area contributed by atoms with Gasteiger partial charge in [-0.05, 0) is 83.6 Å². The molecule has 0 nitrogen and oxygen atoms in total. The van der Waals surface area contributed by atoms with Crippen LogP contribution in [0.3, 0.4) is 0 Å². The van der Waals surface area contributed by atoms with E-state index in [1.807, 2.05) is 45.3 Å². The Hall–Kier alpha value is -2.06. The van der Waals surface area contributed by atoms with E-state index >= 15 is 0 Å². The standard InChI is InChI=1S/C26H16S6/c1-3-19(27-15-1)21-11-13-25(31-21)23-9-7-17(29-23)5-6-18-8-10-24(30-18)26-14-12-22(32-26)20-4-2-16-28-20/h1-16H. The van der Waals surface area contributed by atoms with Crippen LogP contribution in [0.1, 0.15) is 9.75 Å². The van der Waals surface area contributed by atoms with Gasteiger partial charge in [0.05, 0.1) is 0 Å². The fourth-order valence-electron chi connectivity index (χ4n) is 3.36. The molecule has 0 saturated heterocycles. The molecule has 156 valence electrons. The van der Waals surface area contributed by atoms with Crippen LogP contribution >= 0.6 is 68.0 Å². The summed E-state index contributed by atoms with van der Waals surface area (Å²) in [6.45, 7) is 0. The molecule has 0 unspecified atom stereocenters. The van der Waals surface area contributed by atoms with Crippen molar-refractivity contribution in [3.63, 3.8) is 0 Å². The summed E-state index contributed by atoms with van der Waals surface area (Å²) in [6.07, 6.45) is 4.48. The van der Waals surface area contributed by atoms with Gasteiger partial charge in [0, 0.05) is 48.8 Å². The molecule has 0 bridgehead atoms. The Bertz CT molecular complexity index is 1350. The van der Waals surface area contributed by atoms with Crippen LogP contribution < -0.4 is 0 Å². The lowest BCUT2D eigenvalue weighted by Crippen LogP contribution is -1.59. The highest BCUT2D eigenvalue weighted by atomic mass is 32.1. The maximum absolute atomic E-state index is 2.25. The number of thiophene rings is 6. The van der Waals surface area contributed by atoms with Gasteiger partial charge in [0.1, 0.15) is 0 Å². The van der Waals surface area contributed by atoms with Crippen molar-refractivity contribution in [2.45, 2.75) is 0 Å². The molecule has 0 atom stereocenters. The lowest BCUT2D eigenvalue weighted by atomic mass is 10.3. The van der Waals surface area contributed by atoms with Crippen LogP contribution in [0.4, 0.5) is 0 Å². The first-order chi connectivity index (χ1) is 15.8. The second kappa shape index (κ2) is 9.06. The Kier molecular flexibility index (Phi) is 5.81. The molecular weight excluding hydrogens is 505 g/mol. The first-order valence-electron chi connectivity index (χ1n) is 9.98. The zero-order chi connectivity index (χ0) is 21.3. The topological polar surface area (TPSA) is 0 Å². The molecule has 6 rings (SSSR count). The highest BCUT2D eigenvalue weighted by molar-refractivity contribution is 7.27. The molecule has 6 aromatic heterocycles. The summed E-state index contributed by atoms with van der Waals surface area (Å²) in [5.41, 5.74) is 0. The van der Waals surface area contributed by atoms with Gasteiger partial charge in [-0.3, -0.25) is 0 Å². The summed E-state index contributed by atoms with van der Waals surface area (Å²) in [7, 11) is 0. The minimum Gasteiger partial charge on any atom is -0.143 e. The second-order valence-corrected chi connectivity index (χ2v) is 13.3. The van der Waals surface area contributed by atoms with E-state index in [2.05, 4.69) is 95.7 Å². The highest BCUT2D eigenvalue weighted by Gasteiger charge is 2.09. The summed E-state index contributed by atoms with van der Waals surface area (Å²) < 4.78 is 0. The van der Waals surface area contributed by atoms with E-state index in [9.17, 15) is 0 Å². The molecule has 0 fully saturated rings. The molecule has 32 heavy (non-hydrogen) atoms. The molecule has 0 radical (unpaired) electrons. The number of hydrogen-bond donors (Lipinski definition) is 0. The van der Waals surface area contributed by atoms with Gasteiger partial charge in [0.2, 0.25) is 0 Å². The monoisotopic (exact) mass is 520 g/mol. The van der Waals surface area contributed by atoms with Crippen LogP contribution in [0.15, 0.2) is 83.6 Å². The molecule has 6 aromatic rings. The minimum absolute atomic E-state index is 1.29. The van der Waals surface area contributed by atoms with Gasteiger partial charge in [-0.15, -0.1) is 68.0 Å². The van der Waals surface area contributed by atoms with Crippen LogP contribution in [-0.2, 0) is 0 Å². The van der Waals surface area contributed by atoms with E-state index in [0.29, 0.717) is 0 Å². The Morgan fingerprint density at radius 3 is 1.16 bits per heavy atom. The van der Waals surface area contributed by atoms with Crippen LogP contribution in [0.25, 0.3) is 51.2 Å². The highest BCUT2D eigenvalue weighted by Crippen LogP contribution is 2.41. The fourth-order valence-corrected chi connectivity index (χ4v) is 9.04. The molecule has 0 aromatic carbocycles. The third kappa shape index (κ3) is 4.27. The summed E-state index contributed by atoms with van der Waals surface area (Å²) in [4.78, 5) is 13.3. The maximum Gasteiger partial charge on any atom is 0.0449 e. The van der Waals surface area contributed by atoms with E-state index in [1.54, 1.807) is 22.7 Å². The Labute approximate surface area is 211 Å². The number of hydrogen-bond acceptors (Lipinski definition) is 6. The molecule has 0 aliphatic rings. The van der Waals surface area contributed by atoms with Crippen molar-refractivity contribution in [3.8, 4) is 39.0 Å².